The predicted molar refractivity (Wildman–Crippen MR) is 97.5 cm³/mol. The van der Waals surface area contributed by atoms with E-state index < -0.39 is 0 Å². The van der Waals surface area contributed by atoms with Crippen LogP contribution in [0.5, 0.6) is 0 Å². The summed E-state index contributed by atoms with van der Waals surface area (Å²) < 4.78 is 7.59. The van der Waals surface area contributed by atoms with E-state index in [0.29, 0.717) is 0 Å². The minimum Gasteiger partial charge on any atom is -0.382 e. The third-order valence-electron chi connectivity index (χ3n) is 5.03. The SMILES string of the molecule is Cn1cccc1C[NH+](Cc1ccccc1)C[C@H](O)C[NH+]1CCOCC1. The molecule has 0 aliphatic carbocycles. The first kappa shape index (κ1) is 18.1. The molecular weight excluding hydrogens is 314 g/mol. The lowest BCUT2D eigenvalue weighted by atomic mass is 10.2. The van der Waals surface area contributed by atoms with Crippen molar-refractivity contribution in [2.75, 3.05) is 39.4 Å². The predicted octanol–water partition coefficient (Wildman–Crippen LogP) is -1.11. The van der Waals surface area contributed by atoms with Crippen molar-refractivity contribution in [1.82, 2.24) is 4.57 Å². The molecule has 0 spiro atoms. The molecule has 1 saturated heterocycles. The first-order chi connectivity index (χ1) is 12.2. The molecule has 1 unspecified atom stereocenters. The van der Waals surface area contributed by atoms with Crippen molar-refractivity contribution in [3.8, 4) is 0 Å². The second-order valence-corrected chi connectivity index (χ2v) is 7.12. The van der Waals surface area contributed by atoms with Crippen molar-refractivity contribution in [3.63, 3.8) is 0 Å². The Labute approximate surface area is 150 Å². The van der Waals surface area contributed by atoms with Crippen molar-refractivity contribution in [2.24, 2.45) is 7.05 Å². The van der Waals surface area contributed by atoms with E-state index in [0.717, 1.165) is 52.5 Å². The second-order valence-electron chi connectivity index (χ2n) is 7.12. The lowest BCUT2D eigenvalue weighted by Gasteiger charge is -2.28. The molecule has 1 fully saturated rings. The fraction of sp³-hybridized carbons (Fsp3) is 0.500. The minimum absolute atomic E-state index is 0.285. The summed E-state index contributed by atoms with van der Waals surface area (Å²) in [7, 11) is 2.09. The van der Waals surface area contributed by atoms with Crippen molar-refractivity contribution in [3.05, 3.63) is 59.9 Å². The van der Waals surface area contributed by atoms with E-state index in [2.05, 4.69) is 60.3 Å². The molecule has 1 aliphatic heterocycles. The summed E-state index contributed by atoms with van der Waals surface area (Å²) in [5.74, 6) is 0. The maximum atomic E-state index is 10.7. The van der Waals surface area contributed by atoms with Crippen LogP contribution in [0.15, 0.2) is 48.7 Å². The summed E-state index contributed by atoms with van der Waals surface area (Å²) in [6.07, 6.45) is 1.80. The van der Waals surface area contributed by atoms with Gasteiger partial charge in [-0.1, -0.05) is 30.3 Å². The van der Waals surface area contributed by atoms with Crippen LogP contribution in [0.25, 0.3) is 0 Å². The van der Waals surface area contributed by atoms with E-state index in [1.165, 1.54) is 21.1 Å². The van der Waals surface area contributed by atoms with Gasteiger partial charge in [0, 0.05) is 18.8 Å². The van der Waals surface area contributed by atoms with Gasteiger partial charge in [-0.05, 0) is 12.1 Å². The summed E-state index contributed by atoms with van der Waals surface area (Å²) in [5.41, 5.74) is 2.62. The van der Waals surface area contributed by atoms with Gasteiger partial charge in [0.2, 0.25) is 0 Å². The molecule has 0 saturated carbocycles. The fourth-order valence-corrected chi connectivity index (χ4v) is 3.63. The Hall–Kier alpha value is -1.66. The van der Waals surface area contributed by atoms with Gasteiger partial charge in [-0.25, -0.2) is 0 Å². The third kappa shape index (κ3) is 5.68. The van der Waals surface area contributed by atoms with Crippen LogP contribution in [-0.2, 0) is 24.9 Å². The van der Waals surface area contributed by atoms with Gasteiger partial charge in [0.1, 0.15) is 39.3 Å². The van der Waals surface area contributed by atoms with Gasteiger partial charge in [-0.3, -0.25) is 0 Å². The summed E-state index contributed by atoms with van der Waals surface area (Å²) >= 11 is 0. The Kier molecular flexibility index (Phi) is 6.64. The molecule has 1 aromatic carbocycles. The van der Waals surface area contributed by atoms with Crippen molar-refractivity contribution in [2.45, 2.75) is 19.2 Å². The van der Waals surface area contributed by atoms with E-state index >= 15 is 0 Å². The van der Waals surface area contributed by atoms with Crippen LogP contribution in [0, 0.1) is 0 Å². The Morgan fingerprint density at radius 2 is 1.88 bits per heavy atom. The maximum absolute atomic E-state index is 10.7. The van der Waals surface area contributed by atoms with Crippen LogP contribution < -0.4 is 9.80 Å². The zero-order valence-electron chi connectivity index (χ0n) is 15.2. The van der Waals surface area contributed by atoms with Gasteiger partial charge in [-0.2, -0.15) is 0 Å². The Bertz CT molecular complexity index is 623. The van der Waals surface area contributed by atoms with E-state index in [1.54, 1.807) is 0 Å². The number of benzene rings is 1. The van der Waals surface area contributed by atoms with E-state index in [1.807, 2.05) is 0 Å². The number of aromatic nitrogens is 1. The van der Waals surface area contributed by atoms with Crippen molar-refractivity contribution >= 4 is 0 Å². The number of quaternary nitrogens is 2. The molecule has 2 atom stereocenters. The van der Waals surface area contributed by atoms with Crippen molar-refractivity contribution < 1.29 is 19.6 Å². The molecule has 1 aromatic heterocycles. The molecule has 5 nitrogen and oxygen atoms in total. The Morgan fingerprint density at radius 1 is 1.12 bits per heavy atom. The molecule has 3 N–H and O–H groups in total. The summed E-state index contributed by atoms with van der Waals surface area (Å²) in [5, 5.41) is 10.7. The van der Waals surface area contributed by atoms with Gasteiger partial charge in [-0.15, -0.1) is 0 Å². The van der Waals surface area contributed by atoms with Crippen LogP contribution in [0.4, 0.5) is 0 Å². The fourth-order valence-electron chi connectivity index (χ4n) is 3.63. The molecule has 3 rings (SSSR count). The standard InChI is InChI=1S/C20H29N3O2/c1-21-9-5-8-19(21)15-23(14-18-6-3-2-4-7-18)17-20(24)16-22-10-12-25-13-11-22/h2-9,20,24H,10-17H2,1H3/p+2/t20-/m1/s1. The lowest BCUT2D eigenvalue weighted by molar-refractivity contribution is -0.944. The number of ether oxygens (including phenoxy) is 1. The normalized spacial score (nSPS) is 18.2. The van der Waals surface area contributed by atoms with Crippen LogP contribution in [0.1, 0.15) is 11.3 Å². The zero-order valence-corrected chi connectivity index (χ0v) is 15.2. The van der Waals surface area contributed by atoms with Gasteiger partial charge >= 0.3 is 0 Å². The van der Waals surface area contributed by atoms with Crippen LogP contribution in [0.3, 0.4) is 0 Å². The molecular formula is C20H31N3O2+2. The first-order valence-electron chi connectivity index (χ1n) is 9.28. The average Bonchev–Trinajstić information content (AvgIpc) is 3.01. The number of hydrogen-bond acceptors (Lipinski definition) is 2. The molecule has 25 heavy (non-hydrogen) atoms. The molecule has 2 heterocycles. The lowest BCUT2D eigenvalue weighted by Crippen LogP contribution is -3.17. The first-order valence-corrected chi connectivity index (χ1v) is 9.28. The summed E-state index contributed by atoms with van der Waals surface area (Å²) in [6.45, 7) is 7.07. The highest BCUT2D eigenvalue weighted by atomic mass is 16.5. The number of aliphatic hydroxyl groups excluding tert-OH is 1. The minimum atomic E-state index is -0.285. The monoisotopic (exact) mass is 345 g/mol. The largest absolute Gasteiger partial charge is 0.382 e. The number of nitrogens with zero attached hydrogens (tertiary/aromatic N) is 1. The van der Waals surface area contributed by atoms with Crippen molar-refractivity contribution in [1.29, 1.82) is 0 Å². The smallest absolute Gasteiger partial charge is 0.152 e. The van der Waals surface area contributed by atoms with E-state index in [4.69, 9.17) is 4.74 Å². The van der Waals surface area contributed by atoms with E-state index in [9.17, 15) is 5.11 Å². The molecule has 1 aliphatic rings. The molecule has 0 radical (unpaired) electrons. The topological polar surface area (TPSA) is 43.3 Å². The highest BCUT2D eigenvalue weighted by Crippen LogP contribution is 1.99. The molecule has 2 aromatic rings. The highest BCUT2D eigenvalue weighted by molar-refractivity contribution is 5.13. The number of morpholine rings is 1. The molecule has 5 heteroatoms. The summed E-state index contributed by atoms with van der Waals surface area (Å²) in [6, 6.07) is 14.8. The number of rotatable bonds is 8. The van der Waals surface area contributed by atoms with Gasteiger partial charge in [0.05, 0.1) is 18.9 Å². The molecule has 0 bridgehead atoms. The highest BCUT2D eigenvalue weighted by Gasteiger charge is 2.23. The molecule has 136 valence electrons. The zero-order chi connectivity index (χ0) is 17.5. The molecule has 0 amide bonds. The van der Waals surface area contributed by atoms with Crippen LogP contribution in [-0.4, -0.2) is 55.2 Å². The van der Waals surface area contributed by atoms with Gasteiger partial charge in [0.25, 0.3) is 0 Å². The van der Waals surface area contributed by atoms with Crippen LogP contribution >= 0.6 is 0 Å². The summed E-state index contributed by atoms with van der Waals surface area (Å²) in [4.78, 5) is 2.85. The van der Waals surface area contributed by atoms with Gasteiger partial charge < -0.3 is 24.2 Å². The van der Waals surface area contributed by atoms with Crippen LogP contribution in [0.2, 0.25) is 0 Å². The average molecular weight is 345 g/mol. The second kappa shape index (κ2) is 9.15. The van der Waals surface area contributed by atoms with E-state index in [-0.39, 0.29) is 6.10 Å². The number of aryl methyl sites for hydroxylation is 1. The quantitative estimate of drug-likeness (QED) is 0.568. The third-order valence-corrected chi connectivity index (χ3v) is 5.03. The Balaban J connectivity index is 1.61. The van der Waals surface area contributed by atoms with Gasteiger partial charge in [0.15, 0.2) is 6.10 Å². The maximum Gasteiger partial charge on any atom is 0.152 e. The number of nitrogens with one attached hydrogen (secondary N) is 2. The number of aliphatic hydroxyl groups is 1. The Morgan fingerprint density at radius 3 is 2.56 bits per heavy atom. The number of hydrogen-bond donors (Lipinski definition) is 3.